The second-order valence-electron chi connectivity index (χ2n) is 14.0. The molecule has 0 spiro atoms. The molecule has 0 radical (unpaired) electrons. The Labute approximate surface area is 327 Å². The minimum atomic E-state index is -1.55. The fourth-order valence-corrected chi connectivity index (χ4v) is 5.80. The van der Waals surface area contributed by atoms with Gasteiger partial charge in [-0.15, -0.1) is 0 Å². The van der Waals surface area contributed by atoms with Gasteiger partial charge < -0.3 is 39.4 Å². The van der Waals surface area contributed by atoms with Gasteiger partial charge in [-0.1, -0.05) is 125 Å². The molecule has 0 saturated carbocycles. The standard InChI is InChI=1S/C45H76O9/c1-3-5-7-9-11-13-15-17-18-19-20-21-23-25-27-29-31-33-35-51-37-39(38-52-45-44(50)43(49)42(48)40(36-46)54-45)53-41(47)34-32-30-28-26-24-22-16-14-12-10-8-6-4-2/h5,7,11,13-14,16-18,20-21,25,27,39-40,42-46,48-50H,3-4,6,8-10,12,15,19,22-24,26,28-38H2,1-2H3/b7-5-,13-11-,16-14-,18-17-,21-20-,27-25-. The normalized spacial score (nSPS) is 21.6. The Balaban J connectivity index is 2.35. The van der Waals surface area contributed by atoms with E-state index in [1.807, 2.05) is 0 Å². The van der Waals surface area contributed by atoms with E-state index in [0.29, 0.717) is 13.0 Å². The van der Waals surface area contributed by atoms with Crippen LogP contribution in [0.25, 0.3) is 0 Å². The Hall–Kier alpha value is -2.37. The number of hydrogen-bond acceptors (Lipinski definition) is 9. The number of ether oxygens (including phenoxy) is 4. The number of esters is 1. The maximum Gasteiger partial charge on any atom is 0.306 e. The molecule has 9 nitrogen and oxygen atoms in total. The fraction of sp³-hybridized carbons (Fsp3) is 0.711. The maximum absolute atomic E-state index is 12.7. The largest absolute Gasteiger partial charge is 0.457 e. The molecular weight excluding hydrogens is 684 g/mol. The highest BCUT2D eigenvalue weighted by molar-refractivity contribution is 5.69. The molecule has 1 heterocycles. The molecule has 1 aliphatic heterocycles. The summed E-state index contributed by atoms with van der Waals surface area (Å²) in [5, 5.41) is 40.0. The van der Waals surface area contributed by atoms with Crippen molar-refractivity contribution in [1.82, 2.24) is 0 Å². The van der Waals surface area contributed by atoms with Crippen LogP contribution < -0.4 is 0 Å². The van der Waals surface area contributed by atoms with Crippen molar-refractivity contribution in [2.45, 2.75) is 179 Å². The van der Waals surface area contributed by atoms with Crippen LogP contribution >= 0.6 is 0 Å². The van der Waals surface area contributed by atoms with Crippen LogP contribution in [0.5, 0.6) is 0 Å². The average Bonchev–Trinajstić information content (AvgIpc) is 3.17. The van der Waals surface area contributed by atoms with Crippen LogP contribution in [0.4, 0.5) is 0 Å². The highest BCUT2D eigenvalue weighted by Crippen LogP contribution is 2.22. The van der Waals surface area contributed by atoms with Crippen LogP contribution in [0, 0.1) is 0 Å². The molecule has 9 heteroatoms. The average molecular weight is 761 g/mol. The van der Waals surface area contributed by atoms with Gasteiger partial charge in [0, 0.05) is 13.0 Å². The molecule has 1 fully saturated rings. The topological polar surface area (TPSA) is 135 Å². The first kappa shape index (κ1) is 49.6. The molecule has 6 atom stereocenters. The van der Waals surface area contributed by atoms with Crippen molar-refractivity contribution in [3.8, 4) is 0 Å². The van der Waals surface area contributed by atoms with E-state index in [1.165, 1.54) is 32.1 Å². The zero-order valence-corrected chi connectivity index (χ0v) is 33.7. The Bertz CT molecular complexity index is 1050. The molecule has 0 aromatic heterocycles. The molecule has 0 aliphatic carbocycles. The summed E-state index contributed by atoms with van der Waals surface area (Å²) in [6, 6.07) is 0. The number of rotatable bonds is 34. The zero-order chi connectivity index (χ0) is 39.3. The lowest BCUT2D eigenvalue weighted by atomic mass is 9.99. The van der Waals surface area contributed by atoms with Gasteiger partial charge in [0.1, 0.15) is 30.5 Å². The van der Waals surface area contributed by atoms with Gasteiger partial charge in [-0.05, 0) is 83.5 Å². The molecule has 1 aliphatic rings. The van der Waals surface area contributed by atoms with E-state index in [9.17, 15) is 25.2 Å². The highest BCUT2D eigenvalue weighted by atomic mass is 16.7. The number of allylic oxidation sites excluding steroid dienone is 12. The molecule has 0 bridgehead atoms. The van der Waals surface area contributed by atoms with Gasteiger partial charge in [-0.2, -0.15) is 0 Å². The second kappa shape index (κ2) is 36.3. The molecule has 0 aromatic rings. The summed E-state index contributed by atoms with van der Waals surface area (Å²) < 4.78 is 22.7. The number of unbranched alkanes of at least 4 members (excludes halogenated alkanes) is 11. The van der Waals surface area contributed by atoms with Gasteiger partial charge in [0.05, 0.1) is 19.8 Å². The molecule has 310 valence electrons. The van der Waals surface area contributed by atoms with Gasteiger partial charge in [-0.3, -0.25) is 4.79 Å². The summed E-state index contributed by atoms with van der Waals surface area (Å²) in [7, 11) is 0. The van der Waals surface area contributed by atoms with Crippen LogP contribution in [0.2, 0.25) is 0 Å². The fourth-order valence-electron chi connectivity index (χ4n) is 5.80. The van der Waals surface area contributed by atoms with Gasteiger partial charge in [0.25, 0.3) is 0 Å². The van der Waals surface area contributed by atoms with Crippen molar-refractivity contribution < 1.29 is 44.2 Å². The molecule has 54 heavy (non-hydrogen) atoms. The summed E-state index contributed by atoms with van der Waals surface area (Å²) in [6.07, 6.45) is 39.3. The lowest BCUT2D eigenvalue weighted by Gasteiger charge is -2.39. The van der Waals surface area contributed by atoms with Crippen LogP contribution in [0.3, 0.4) is 0 Å². The van der Waals surface area contributed by atoms with E-state index in [2.05, 4.69) is 86.8 Å². The monoisotopic (exact) mass is 761 g/mol. The molecule has 4 N–H and O–H groups in total. The third kappa shape index (κ3) is 27.2. The van der Waals surface area contributed by atoms with E-state index in [1.54, 1.807) is 0 Å². The quantitative estimate of drug-likeness (QED) is 0.0288. The van der Waals surface area contributed by atoms with Crippen LogP contribution in [-0.4, -0.2) is 89.6 Å². The Morgan fingerprint density at radius 3 is 1.72 bits per heavy atom. The maximum atomic E-state index is 12.7. The third-order valence-electron chi connectivity index (χ3n) is 9.11. The zero-order valence-electron chi connectivity index (χ0n) is 33.7. The minimum absolute atomic E-state index is 0.108. The molecule has 6 unspecified atom stereocenters. The van der Waals surface area contributed by atoms with Crippen molar-refractivity contribution in [2.75, 3.05) is 26.4 Å². The lowest BCUT2D eigenvalue weighted by Crippen LogP contribution is -2.59. The Kier molecular flexibility index (Phi) is 33.4. The Morgan fingerprint density at radius 2 is 1.13 bits per heavy atom. The van der Waals surface area contributed by atoms with Crippen molar-refractivity contribution in [1.29, 1.82) is 0 Å². The van der Waals surface area contributed by atoms with E-state index < -0.39 is 43.4 Å². The van der Waals surface area contributed by atoms with E-state index >= 15 is 0 Å². The van der Waals surface area contributed by atoms with Gasteiger partial charge in [0.2, 0.25) is 0 Å². The van der Waals surface area contributed by atoms with Gasteiger partial charge >= 0.3 is 5.97 Å². The van der Waals surface area contributed by atoms with Crippen LogP contribution in [0.15, 0.2) is 72.9 Å². The van der Waals surface area contributed by atoms with Crippen molar-refractivity contribution in [2.24, 2.45) is 0 Å². The van der Waals surface area contributed by atoms with Crippen LogP contribution in [0.1, 0.15) is 142 Å². The summed E-state index contributed by atoms with van der Waals surface area (Å²) in [4.78, 5) is 12.7. The molecule has 0 aromatic carbocycles. The first-order chi connectivity index (χ1) is 26.4. The van der Waals surface area contributed by atoms with Gasteiger partial charge in [-0.25, -0.2) is 0 Å². The van der Waals surface area contributed by atoms with Crippen LogP contribution in [-0.2, 0) is 23.7 Å². The highest BCUT2D eigenvalue weighted by Gasteiger charge is 2.44. The summed E-state index contributed by atoms with van der Waals surface area (Å²) in [6.45, 7) is 4.28. The van der Waals surface area contributed by atoms with Crippen molar-refractivity contribution in [3.05, 3.63) is 72.9 Å². The first-order valence-corrected chi connectivity index (χ1v) is 21.0. The summed E-state index contributed by atoms with van der Waals surface area (Å²) in [5.74, 6) is -0.342. The number of aliphatic hydroxyl groups excluding tert-OH is 4. The van der Waals surface area contributed by atoms with Gasteiger partial charge in [0.15, 0.2) is 6.29 Å². The smallest absolute Gasteiger partial charge is 0.306 e. The predicted molar refractivity (Wildman–Crippen MR) is 219 cm³/mol. The van der Waals surface area contributed by atoms with E-state index in [-0.39, 0.29) is 19.2 Å². The van der Waals surface area contributed by atoms with E-state index in [0.717, 1.165) is 89.9 Å². The van der Waals surface area contributed by atoms with Crippen molar-refractivity contribution in [3.63, 3.8) is 0 Å². The molecule has 1 saturated heterocycles. The number of carbonyl (C=O) groups is 1. The number of aliphatic hydroxyl groups is 4. The first-order valence-electron chi connectivity index (χ1n) is 21.0. The second-order valence-corrected chi connectivity index (χ2v) is 14.0. The lowest BCUT2D eigenvalue weighted by molar-refractivity contribution is -0.305. The number of carbonyl (C=O) groups excluding carboxylic acids is 1. The SMILES string of the molecule is CC/C=C\C/C=C\C/C=C\C/C=C\C/C=C\CCCCOCC(COC1OC(CO)C(O)C(O)C1O)OC(=O)CCCCCCC/C=C\CCCCCC. The summed E-state index contributed by atoms with van der Waals surface area (Å²) >= 11 is 0. The third-order valence-corrected chi connectivity index (χ3v) is 9.11. The van der Waals surface area contributed by atoms with Crippen molar-refractivity contribution >= 4 is 5.97 Å². The van der Waals surface area contributed by atoms with E-state index in [4.69, 9.17) is 18.9 Å². The summed E-state index contributed by atoms with van der Waals surface area (Å²) in [5.41, 5.74) is 0. The number of hydrogen-bond donors (Lipinski definition) is 4. The Morgan fingerprint density at radius 1 is 0.611 bits per heavy atom. The molecular formula is C45H76O9. The molecule has 0 amide bonds. The molecule has 1 rings (SSSR count). The predicted octanol–water partition coefficient (Wildman–Crippen LogP) is 8.91. The minimum Gasteiger partial charge on any atom is -0.457 e.